The zero-order chi connectivity index (χ0) is 12.3. The van der Waals surface area contributed by atoms with Gasteiger partial charge in [-0.05, 0) is 30.5 Å². The van der Waals surface area contributed by atoms with Gasteiger partial charge in [-0.1, -0.05) is 0 Å². The molecule has 0 spiro atoms. The Morgan fingerprint density at radius 3 is 2.12 bits per heavy atom. The molecule has 0 saturated carbocycles. The van der Waals surface area contributed by atoms with Crippen LogP contribution >= 0.6 is 11.8 Å². The average Bonchev–Trinajstić information content (AvgIpc) is 2.26. The first kappa shape index (κ1) is 12.9. The fourth-order valence-corrected chi connectivity index (χ4v) is 1.52. The fourth-order valence-electron chi connectivity index (χ4n) is 1.11. The molecule has 0 aromatic heterocycles. The minimum atomic E-state index is -4.84. The van der Waals surface area contributed by atoms with Crippen LogP contribution in [0.5, 0.6) is 0 Å². The second-order valence-corrected chi connectivity index (χ2v) is 3.94. The van der Waals surface area contributed by atoms with Crippen LogP contribution in [0.1, 0.15) is 0 Å². The molecule has 0 atom stereocenters. The van der Waals surface area contributed by atoms with Gasteiger partial charge in [-0.25, -0.2) is 0 Å². The average molecular weight is 249 g/mol. The van der Waals surface area contributed by atoms with E-state index in [1.54, 1.807) is 12.1 Å². The molecule has 0 aliphatic carbocycles. The van der Waals surface area contributed by atoms with Crippen molar-refractivity contribution in [1.82, 2.24) is 0 Å². The molecule has 1 aromatic carbocycles. The SMILES string of the molecule is CSc1ccc(N(C)C(=O)C(F)(F)F)cc1. The van der Waals surface area contributed by atoms with Crippen LogP contribution in [0.3, 0.4) is 0 Å². The molecule has 1 aromatic rings. The number of hydrogen-bond donors (Lipinski definition) is 0. The number of halogens is 3. The van der Waals surface area contributed by atoms with Crippen molar-refractivity contribution in [3.05, 3.63) is 24.3 Å². The second-order valence-electron chi connectivity index (χ2n) is 3.06. The van der Waals surface area contributed by atoms with Gasteiger partial charge in [-0.15, -0.1) is 11.8 Å². The number of nitrogens with zero attached hydrogens (tertiary/aromatic N) is 1. The number of benzene rings is 1. The summed E-state index contributed by atoms with van der Waals surface area (Å²) in [7, 11) is 1.10. The maximum Gasteiger partial charge on any atom is 0.471 e. The Morgan fingerprint density at radius 1 is 1.25 bits per heavy atom. The van der Waals surface area contributed by atoms with E-state index in [0.29, 0.717) is 4.90 Å². The first-order chi connectivity index (χ1) is 7.36. The molecule has 2 nitrogen and oxygen atoms in total. The molecule has 0 aliphatic rings. The standard InChI is InChI=1S/C10H10F3NOS/c1-14(9(15)10(11,12)13)7-3-5-8(16-2)6-4-7/h3-6H,1-2H3. The van der Waals surface area contributed by atoms with Gasteiger partial charge in [0.25, 0.3) is 0 Å². The summed E-state index contributed by atoms with van der Waals surface area (Å²) < 4.78 is 36.4. The summed E-state index contributed by atoms with van der Waals surface area (Å²) in [6.45, 7) is 0. The maximum atomic E-state index is 12.1. The first-order valence-corrected chi connectivity index (χ1v) is 5.57. The summed E-state index contributed by atoms with van der Waals surface area (Å²) in [5.74, 6) is -1.87. The van der Waals surface area contributed by atoms with Gasteiger partial charge in [0.2, 0.25) is 0 Å². The van der Waals surface area contributed by atoms with Gasteiger partial charge in [-0.2, -0.15) is 13.2 Å². The molecule has 1 rings (SSSR count). The maximum absolute atomic E-state index is 12.1. The number of anilines is 1. The minimum absolute atomic E-state index is 0.222. The Bertz CT molecular complexity index is 375. The highest BCUT2D eigenvalue weighted by atomic mass is 32.2. The summed E-state index contributed by atoms with van der Waals surface area (Å²) in [5.41, 5.74) is 0.222. The van der Waals surface area contributed by atoms with Crippen LogP contribution in [-0.4, -0.2) is 25.4 Å². The van der Waals surface area contributed by atoms with E-state index in [1.165, 1.54) is 23.9 Å². The molecule has 0 heterocycles. The lowest BCUT2D eigenvalue weighted by atomic mass is 10.3. The van der Waals surface area contributed by atoms with Crippen LogP contribution in [0.2, 0.25) is 0 Å². The van der Waals surface area contributed by atoms with Crippen molar-refractivity contribution in [2.24, 2.45) is 0 Å². The molecule has 1 amide bonds. The second kappa shape index (κ2) is 4.78. The van der Waals surface area contributed by atoms with Gasteiger partial charge < -0.3 is 4.90 Å². The van der Waals surface area contributed by atoms with Crippen LogP contribution in [0.4, 0.5) is 18.9 Å². The molecule has 6 heteroatoms. The van der Waals surface area contributed by atoms with E-state index in [9.17, 15) is 18.0 Å². The number of alkyl halides is 3. The quantitative estimate of drug-likeness (QED) is 0.751. The van der Waals surface area contributed by atoms with Crippen LogP contribution in [0, 0.1) is 0 Å². The third kappa shape index (κ3) is 2.91. The lowest BCUT2D eigenvalue weighted by Gasteiger charge is -2.18. The van der Waals surface area contributed by atoms with E-state index < -0.39 is 12.1 Å². The normalized spacial score (nSPS) is 11.3. The minimum Gasteiger partial charge on any atom is -0.308 e. The molecule has 88 valence electrons. The number of amides is 1. The van der Waals surface area contributed by atoms with Crippen molar-refractivity contribution in [2.45, 2.75) is 11.1 Å². The highest BCUT2D eigenvalue weighted by Crippen LogP contribution is 2.24. The predicted octanol–water partition coefficient (Wildman–Crippen LogP) is 2.93. The Kier molecular flexibility index (Phi) is 3.85. The summed E-state index contributed by atoms with van der Waals surface area (Å²) >= 11 is 1.48. The Balaban J connectivity index is 2.88. The third-order valence-corrected chi connectivity index (χ3v) is 2.75. The zero-order valence-corrected chi connectivity index (χ0v) is 9.52. The number of carbonyl (C=O) groups is 1. The summed E-state index contributed by atoms with van der Waals surface area (Å²) in [6, 6.07) is 6.30. The van der Waals surface area contributed by atoms with Gasteiger partial charge in [0, 0.05) is 17.6 Å². The Morgan fingerprint density at radius 2 is 1.75 bits per heavy atom. The summed E-state index contributed by atoms with van der Waals surface area (Å²) in [5, 5.41) is 0. The molecule has 0 unspecified atom stereocenters. The first-order valence-electron chi connectivity index (χ1n) is 4.35. The Labute approximate surface area is 95.4 Å². The molecular weight excluding hydrogens is 239 g/mol. The highest BCUT2D eigenvalue weighted by Gasteiger charge is 2.41. The highest BCUT2D eigenvalue weighted by molar-refractivity contribution is 7.98. The van der Waals surface area contributed by atoms with Crippen LogP contribution in [-0.2, 0) is 4.79 Å². The molecular formula is C10H10F3NOS. The van der Waals surface area contributed by atoms with Crippen molar-refractivity contribution in [3.63, 3.8) is 0 Å². The largest absolute Gasteiger partial charge is 0.471 e. The van der Waals surface area contributed by atoms with E-state index in [2.05, 4.69) is 0 Å². The van der Waals surface area contributed by atoms with Crippen molar-refractivity contribution < 1.29 is 18.0 Å². The van der Waals surface area contributed by atoms with Gasteiger partial charge in [-0.3, -0.25) is 4.79 Å². The van der Waals surface area contributed by atoms with E-state index in [0.717, 1.165) is 11.9 Å². The third-order valence-electron chi connectivity index (χ3n) is 2.01. The lowest BCUT2D eigenvalue weighted by Crippen LogP contribution is -2.38. The van der Waals surface area contributed by atoms with Crippen LogP contribution in [0.25, 0.3) is 0 Å². The van der Waals surface area contributed by atoms with Crippen molar-refractivity contribution in [2.75, 3.05) is 18.2 Å². The monoisotopic (exact) mass is 249 g/mol. The molecule has 0 aliphatic heterocycles. The van der Waals surface area contributed by atoms with E-state index in [-0.39, 0.29) is 5.69 Å². The van der Waals surface area contributed by atoms with Crippen LogP contribution < -0.4 is 4.90 Å². The molecule has 16 heavy (non-hydrogen) atoms. The van der Waals surface area contributed by atoms with E-state index >= 15 is 0 Å². The number of rotatable bonds is 2. The van der Waals surface area contributed by atoms with E-state index in [1.807, 2.05) is 6.26 Å². The lowest BCUT2D eigenvalue weighted by molar-refractivity contribution is -0.170. The number of hydrogen-bond acceptors (Lipinski definition) is 2. The molecule has 0 saturated heterocycles. The van der Waals surface area contributed by atoms with Gasteiger partial charge in [0.15, 0.2) is 0 Å². The fraction of sp³-hybridized carbons (Fsp3) is 0.300. The number of thioether (sulfide) groups is 1. The zero-order valence-electron chi connectivity index (χ0n) is 8.71. The molecule has 0 radical (unpaired) electrons. The van der Waals surface area contributed by atoms with Gasteiger partial charge in [0.1, 0.15) is 0 Å². The van der Waals surface area contributed by atoms with Crippen LogP contribution in [0.15, 0.2) is 29.2 Å². The van der Waals surface area contributed by atoms with Crippen molar-refractivity contribution in [1.29, 1.82) is 0 Å². The summed E-state index contributed by atoms with van der Waals surface area (Å²) in [4.78, 5) is 12.4. The number of carbonyl (C=O) groups excluding carboxylic acids is 1. The van der Waals surface area contributed by atoms with Crippen molar-refractivity contribution >= 4 is 23.4 Å². The van der Waals surface area contributed by atoms with Crippen molar-refractivity contribution in [3.8, 4) is 0 Å². The molecule has 0 N–H and O–H groups in total. The van der Waals surface area contributed by atoms with Gasteiger partial charge in [0.05, 0.1) is 0 Å². The van der Waals surface area contributed by atoms with Gasteiger partial charge >= 0.3 is 12.1 Å². The smallest absolute Gasteiger partial charge is 0.308 e. The van der Waals surface area contributed by atoms with E-state index in [4.69, 9.17) is 0 Å². The molecule has 0 fully saturated rings. The summed E-state index contributed by atoms with van der Waals surface area (Å²) in [6.07, 6.45) is -2.98. The predicted molar refractivity (Wildman–Crippen MR) is 57.7 cm³/mol. The Hall–Kier alpha value is -1.17. The topological polar surface area (TPSA) is 20.3 Å². The molecule has 0 bridgehead atoms.